The zero-order valence-electron chi connectivity index (χ0n) is 11.2. The van der Waals surface area contributed by atoms with Crippen molar-refractivity contribution in [3.63, 3.8) is 0 Å². The lowest BCUT2D eigenvalue weighted by atomic mass is 10.1. The van der Waals surface area contributed by atoms with Crippen molar-refractivity contribution in [3.8, 4) is 0 Å². The number of hydrogen-bond donors (Lipinski definition) is 4. The molecule has 0 unspecified atom stereocenters. The first kappa shape index (κ1) is 14.7. The van der Waals surface area contributed by atoms with Gasteiger partial charge in [-0.3, -0.25) is 0 Å². The number of nitrogens with one attached hydrogen (secondary N) is 2. The smallest absolute Gasteiger partial charge is 0.133 e. The molecule has 0 saturated carbocycles. The molecule has 1 heterocycles. The quantitative estimate of drug-likeness (QED) is 0.570. The largest absolute Gasteiger partial charge is 0.394 e. The molecule has 0 aliphatic rings. The molecular formula is C12H22N4O2. The summed E-state index contributed by atoms with van der Waals surface area (Å²) >= 11 is 0. The van der Waals surface area contributed by atoms with E-state index in [0.717, 1.165) is 18.7 Å². The van der Waals surface area contributed by atoms with Crippen molar-refractivity contribution >= 4 is 11.6 Å². The SMILES string of the molecule is CCCc1nc(NC)cc(NC(C)(CO)CO)n1. The molecule has 0 saturated heterocycles. The topological polar surface area (TPSA) is 90.3 Å². The molecule has 0 aromatic carbocycles. The van der Waals surface area contributed by atoms with Gasteiger partial charge in [0.2, 0.25) is 0 Å². The summed E-state index contributed by atoms with van der Waals surface area (Å²) in [6.07, 6.45) is 1.75. The van der Waals surface area contributed by atoms with Crippen LogP contribution < -0.4 is 10.6 Å². The molecule has 0 bridgehead atoms. The molecule has 4 N–H and O–H groups in total. The van der Waals surface area contributed by atoms with Gasteiger partial charge in [0, 0.05) is 19.5 Å². The highest BCUT2D eigenvalue weighted by Crippen LogP contribution is 2.16. The average Bonchev–Trinajstić information content (AvgIpc) is 2.38. The summed E-state index contributed by atoms with van der Waals surface area (Å²) < 4.78 is 0. The molecule has 0 atom stereocenters. The monoisotopic (exact) mass is 254 g/mol. The van der Waals surface area contributed by atoms with Crippen molar-refractivity contribution in [2.45, 2.75) is 32.2 Å². The zero-order valence-corrected chi connectivity index (χ0v) is 11.2. The van der Waals surface area contributed by atoms with Gasteiger partial charge in [0.05, 0.1) is 18.8 Å². The Hall–Kier alpha value is -1.40. The van der Waals surface area contributed by atoms with E-state index in [1.807, 2.05) is 0 Å². The highest BCUT2D eigenvalue weighted by atomic mass is 16.3. The zero-order chi connectivity index (χ0) is 13.6. The van der Waals surface area contributed by atoms with Crippen molar-refractivity contribution < 1.29 is 10.2 Å². The van der Waals surface area contributed by atoms with Gasteiger partial charge in [0.1, 0.15) is 17.5 Å². The highest BCUT2D eigenvalue weighted by molar-refractivity contribution is 5.48. The fraction of sp³-hybridized carbons (Fsp3) is 0.667. The molecular weight excluding hydrogens is 232 g/mol. The fourth-order valence-corrected chi connectivity index (χ4v) is 1.46. The molecule has 6 heteroatoms. The minimum absolute atomic E-state index is 0.175. The van der Waals surface area contributed by atoms with Gasteiger partial charge in [-0.25, -0.2) is 9.97 Å². The van der Waals surface area contributed by atoms with E-state index in [1.165, 1.54) is 0 Å². The minimum atomic E-state index is -0.789. The van der Waals surface area contributed by atoms with Crippen molar-refractivity contribution in [1.82, 2.24) is 9.97 Å². The van der Waals surface area contributed by atoms with Gasteiger partial charge >= 0.3 is 0 Å². The van der Waals surface area contributed by atoms with Crippen LogP contribution >= 0.6 is 0 Å². The van der Waals surface area contributed by atoms with Crippen LogP contribution in [0.2, 0.25) is 0 Å². The van der Waals surface area contributed by atoms with Crippen LogP contribution in [0.4, 0.5) is 11.6 Å². The van der Waals surface area contributed by atoms with Crippen LogP contribution in [0.3, 0.4) is 0 Å². The summed E-state index contributed by atoms with van der Waals surface area (Å²) in [7, 11) is 1.79. The molecule has 0 fully saturated rings. The third-order valence-electron chi connectivity index (χ3n) is 2.63. The number of aryl methyl sites for hydroxylation is 1. The predicted molar refractivity (Wildman–Crippen MR) is 71.8 cm³/mol. The van der Waals surface area contributed by atoms with Crippen LogP contribution in [0, 0.1) is 0 Å². The maximum Gasteiger partial charge on any atom is 0.133 e. The molecule has 0 radical (unpaired) electrons. The number of aromatic nitrogens is 2. The standard InChI is InChI=1S/C12H22N4O2/c1-4-5-9-14-10(13-3)6-11(15-9)16-12(2,7-17)8-18/h6,17-18H,4-5,7-8H2,1-3H3,(H2,13,14,15,16). The van der Waals surface area contributed by atoms with Crippen LogP contribution in [0.15, 0.2) is 6.07 Å². The molecule has 102 valence electrons. The van der Waals surface area contributed by atoms with Crippen LogP contribution in [0.25, 0.3) is 0 Å². The Kier molecular flexibility index (Phi) is 5.30. The number of anilines is 2. The van der Waals surface area contributed by atoms with Crippen LogP contribution in [-0.2, 0) is 6.42 Å². The highest BCUT2D eigenvalue weighted by Gasteiger charge is 2.22. The lowest BCUT2D eigenvalue weighted by molar-refractivity contribution is 0.147. The van der Waals surface area contributed by atoms with Crippen molar-refractivity contribution in [3.05, 3.63) is 11.9 Å². The summed E-state index contributed by atoms with van der Waals surface area (Å²) in [6.45, 7) is 3.44. The number of rotatable bonds is 7. The van der Waals surface area contributed by atoms with E-state index >= 15 is 0 Å². The van der Waals surface area contributed by atoms with Gasteiger partial charge in [-0.2, -0.15) is 0 Å². The maximum atomic E-state index is 9.26. The Morgan fingerprint density at radius 2 is 1.83 bits per heavy atom. The Bertz CT molecular complexity index is 380. The van der Waals surface area contributed by atoms with Gasteiger partial charge in [-0.1, -0.05) is 6.92 Å². The summed E-state index contributed by atoms with van der Waals surface area (Å²) in [6, 6.07) is 1.75. The molecule has 1 aromatic rings. The van der Waals surface area contributed by atoms with E-state index in [4.69, 9.17) is 0 Å². The van der Waals surface area contributed by atoms with Crippen LogP contribution in [0.5, 0.6) is 0 Å². The summed E-state index contributed by atoms with van der Waals surface area (Å²) in [5, 5.41) is 24.5. The second-order valence-corrected chi connectivity index (χ2v) is 4.56. The van der Waals surface area contributed by atoms with Crippen molar-refractivity contribution in [2.24, 2.45) is 0 Å². The van der Waals surface area contributed by atoms with Crippen molar-refractivity contribution in [2.75, 3.05) is 30.9 Å². The lowest BCUT2D eigenvalue weighted by Crippen LogP contribution is -2.42. The predicted octanol–water partition coefficient (Wildman–Crippen LogP) is 0.626. The fourth-order valence-electron chi connectivity index (χ4n) is 1.46. The van der Waals surface area contributed by atoms with Gasteiger partial charge in [0.25, 0.3) is 0 Å². The first-order chi connectivity index (χ1) is 8.56. The number of nitrogens with zero attached hydrogens (tertiary/aromatic N) is 2. The third-order valence-corrected chi connectivity index (χ3v) is 2.63. The third kappa shape index (κ3) is 3.82. The van der Waals surface area contributed by atoms with Gasteiger partial charge < -0.3 is 20.8 Å². The average molecular weight is 254 g/mol. The summed E-state index contributed by atoms with van der Waals surface area (Å²) in [5.74, 6) is 2.06. The van der Waals surface area contributed by atoms with Crippen molar-refractivity contribution in [1.29, 1.82) is 0 Å². The number of aliphatic hydroxyl groups excluding tert-OH is 2. The second kappa shape index (κ2) is 6.51. The Morgan fingerprint density at radius 3 is 2.33 bits per heavy atom. The van der Waals surface area contributed by atoms with E-state index in [0.29, 0.717) is 11.6 Å². The summed E-state index contributed by atoms with van der Waals surface area (Å²) in [4.78, 5) is 8.70. The minimum Gasteiger partial charge on any atom is -0.394 e. The Labute approximate surface area is 107 Å². The normalized spacial score (nSPS) is 11.4. The number of hydrogen-bond acceptors (Lipinski definition) is 6. The Morgan fingerprint density at radius 1 is 1.22 bits per heavy atom. The molecule has 0 spiro atoms. The summed E-state index contributed by atoms with van der Waals surface area (Å²) in [5.41, 5.74) is -0.789. The molecule has 0 amide bonds. The van der Waals surface area contributed by atoms with Gasteiger partial charge in [-0.15, -0.1) is 0 Å². The molecule has 0 aliphatic heterocycles. The molecule has 1 aromatic heterocycles. The molecule has 1 rings (SSSR count). The number of aliphatic hydroxyl groups is 2. The molecule has 0 aliphatic carbocycles. The Balaban J connectivity index is 2.96. The van der Waals surface area contributed by atoms with Gasteiger partial charge in [0.15, 0.2) is 0 Å². The first-order valence-corrected chi connectivity index (χ1v) is 6.12. The lowest BCUT2D eigenvalue weighted by Gasteiger charge is -2.27. The van der Waals surface area contributed by atoms with Crippen LogP contribution in [-0.4, -0.2) is 46.0 Å². The van der Waals surface area contributed by atoms with E-state index in [-0.39, 0.29) is 13.2 Å². The van der Waals surface area contributed by atoms with E-state index in [1.54, 1.807) is 20.0 Å². The van der Waals surface area contributed by atoms with E-state index in [2.05, 4.69) is 27.5 Å². The van der Waals surface area contributed by atoms with E-state index in [9.17, 15) is 10.2 Å². The maximum absolute atomic E-state index is 9.26. The second-order valence-electron chi connectivity index (χ2n) is 4.56. The van der Waals surface area contributed by atoms with E-state index < -0.39 is 5.54 Å². The molecule has 6 nitrogen and oxygen atoms in total. The van der Waals surface area contributed by atoms with Gasteiger partial charge in [-0.05, 0) is 13.3 Å². The van der Waals surface area contributed by atoms with Crippen LogP contribution in [0.1, 0.15) is 26.1 Å². The molecule has 18 heavy (non-hydrogen) atoms. The first-order valence-electron chi connectivity index (χ1n) is 6.12.